The molecule has 2 aliphatic carbocycles. The fourth-order valence-corrected chi connectivity index (χ4v) is 5.94. The first kappa shape index (κ1) is 26.2. The van der Waals surface area contributed by atoms with E-state index in [-0.39, 0.29) is 5.75 Å². The molecule has 2 aliphatic rings. The second kappa shape index (κ2) is 13.5. The Bertz CT molecular complexity index is 642. The molecule has 0 spiro atoms. The topological polar surface area (TPSA) is 18.5 Å². The van der Waals surface area contributed by atoms with Crippen LogP contribution in [0.5, 0.6) is 11.5 Å². The lowest BCUT2D eigenvalue weighted by molar-refractivity contribution is -0.274. The van der Waals surface area contributed by atoms with Gasteiger partial charge in [-0.3, -0.25) is 0 Å². The molecule has 188 valence electrons. The molecule has 1 aromatic rings. The van der Waals surface area contributed by atoms with E-state index in [1.165, 1.54) is 108 Å². The van der Waals surface area contributed by atoms with Gasteiger partial charge in [-0.25, -0.2) is 0 Å². The zero-order valence-electron chi connectivity index (χ0n) is 20.4. The summed E-state index contributed by atoms with van der Waals surface area (Å²) in [4.78, 5) is 0. The van der Waals surface area contributed by atoms with E-state index in [1.54, 1.807) is 12.1 Å². The lowest BCUT2D eigenvalue weighted by Gasteiger charge is -2.38. The zero-order valence-corrected chi connectivity index (χ0v) is 20.4. The molecule has 0 aromatic heterocycles. The average molecular weight is 469 g/mol. The summed E-state index contributed by atoms with van der Waals surface area (Å²) in [6.45, 7) is 2.93. The fourth-order valence-electron chi connectivity index (χ4n) is 5.94. The Morgan fingerprint density at radius 2 is 1.21 bits per heavy atom. The molecule has 0 N–H and O–H groups in total. The summed E-state index contributed by atoms with van der Waals surface area (Å²) in [5, 5.41) is 0. The minimum Gasteiger partial charge on any atom is -0.493 e. The Morgan fingerprint density at radius 3 is 1.79 bits per heavy atom. The van der Waals surface area contributed by atoms with Gasteiger partial charge in [-0.05, 0) is 86.5 Å². The molecule has 1 aromatic carbocycles. The van der Waals surface area contributed by atoms with Crippen LogP contribution in [0, 0.1) is 23.7 Å². The molecule has 0 atom stereocenters. The summed E-state index contributed by atoms with van der Waals surface area (Å²) in [6.07, 6.45) is 16.0. The first-order chi connectivity index (χ1) is 15.9. The molecule has 3 rings (SSSR count). The average Bonchev–Trinajstić information content (AvgIpc) is 2.81. The first-order valence-electron chi connectivity index (χ1n) is 13.4. The lowest BCUT2D eigenvalue weighted by atomic mass is 9.69. The van der Waals surface area contributed by atoms with Gasteiger partial charge >= 0.3 is 6.36 Å². The van der Waals surface area contributed by atoms with Crippen LogP contribution >= 0.6 is 0 Å². The monoisotopic (exact) mass is 468 g/mol. The van der Waals surface area contributed by atoms with E-state index in [9.17, 15) is 13.2 Å². The van der Waals surface area contributed by atoms with Gasteiger partial charge in [0.05, 0.1) is 6.61 Å². The Kier molecular flexibility index (Phi) is 10.7. The van der Waals surface area contributed by atoms with Crippen molar-refractivity contribution in [1.29, 1.82) is 0 Å². The number of alkyl halides is 3. The van der Waals surface area contributed by atoms with Gasteiger partial charge in [0.25, 0.3) is 0 Å². The molecule has 2 nitrogen and oxygen atoms in total. The van der Waals surface area contributed by atoms with Crippen molar-refractivity contribution in [3.63, 3.8) is 0 Å². The molecule has 0 radical (unpaired) electrons. The van der Waals surface area contributed by atoms with Gasteiger partial charge in [-0.15, -0.1) is 13.2 Å². The van der Waals surface area contributed by atoms with Crippen LogP contribution in [0.2, 0.25) is 0 Å². The Balaban J connectivity index is 1.27. The van der Waals surface area contributed by atoms with E-state index in [2.05, 4.69) is 11.7 Å². The summed E-state index contributed by atoms with van der Waals surface area (Å²) < 4.78 is 46.6. The highest BCUT2D eigenvalue weighted by Crippen LogP contribution is 2.42. The normalized spacial score (nSPS) is 26.2. The highest BCUT2D eigenvalue weighted by molar-refractivity contribution is 5.31. The van der Waals surface area contributed by atoms with Gasteiger partial charge in [0.1, 0.15) is 11.5 Å². The maximum atomic E-state index is 12.3. The number of hydrogen-bond donors (Lipinski definition) is 0. The summed E-state index contributed by atoms with van der Waals surface area (Å²) in [7, 11) is 0. The Labute approximate surface area is 198 Å². The fraction of sp³-hybridized carbons (Fsp3) is 0.786. The van der Waals surface area contributed by atoms with Crippen molar-refractivity contribution < 1.29 is 22.6 Å². The second-order valence-corrected chi connectivity index (χ2v) is 10.4. The Hall–Kier alpha value is -1.39. The SMILES string of the molecule is CCCCCCCC[C@H]1CC[C@H](C2CCC(COc3ccc(OC(F)(F)F)cc3)CC2)CC1. The van der Waals surface area contributed by atoms with E-state index in [4.69, 9.17) is 4.74 Å². The van der Waals surface area contributed by atoms with Crippen molar-refractivity contribution in [2.45, 2.75) is 110 Å². The second-order valence-electron chi connectivity index (χ2n) is 10.4. The van der Waals surface area contributed by atoms with Crippen molar-refractivity contribution >= 4 is 0 Å². The number of halogens is 3. The third-order valence-electron chi connectivity index (χ3n) is 7.96. The van der Waals surface area contributed by atoms with Crippen molar-refractivity contribution in [3.8, 4) is 11.5 Å². The molecule has 33 heavy (non-hydrogen) atoms. The standard InChI is InChI=1S/C28H43F3O2/c1-2-3-4-5-6-7-8-22-9-13-24(14-10-22)25-15-11-23(12-16-25)21-32-26-17-19-27(20-18-26)33-28(29,30)31/h17-20,22-25H,2-16,21H2,1H3/t22-,23?,24-,25?. The van der Waals surface area contributed by atoms with Crippen LogP contribution in [0.4, 0.5) is 13.2 Å². The minimum atomic E-state index is -4.66. The quantitative estimate of drug-likeness (QED) is 0.285. The van der Waals surface area contributed by atoms with Crippen LogP contribution in [0.1, 0.15) is 103 Å². The van der Waals surface area contributed by atoms with Crippen molar-refractivity contribution in [3.05, 3.63) is 24.3 Å². The molecule has 2 fully saturated rings. The van der Waals surface area contributed by atoms with Crippen molar-refractivity contribution in [1.82, 2.24) is 0 Å². The van der Waals surface area contributed by atoms with E-state index in [0.29, 0.717) is 18.3 Å². The highest BCUT2D eigenvalue weighted by Gasteiger charge is 2.32. The van der Waals surface area contributed by atoms with Gasteiger partial charge in [-0.2, -0.15) is 0 Å². The van der Waals surface area contributed by atoms with Gasteiger partial charge in [0.2, 0.25) is 0 Å². The zero-order chi connectivity index (χ0) is 23.5. The van der Waals surface area contributed by atoms with Crippen LogP contribution in [-0.4, -0.2) is 13.0 Å². The molecule has 0 aliphatic heterocycles. The van der Waals surface area contributed by atoms with Gasteiger partial charge in [0, 0.05) is 0 Å². The molecule has 0 amide bonds. The molecule has 2 saturated carbocycles. The molecular formula is C28H43F3O2. The smallest absolute Gasteiger partial charge is 0.493 e. The predicted molar refractivity (Wildman–Crippen MR) is 128 cm³/mol. The largest absolute Gasteiger partial charge is 0.573 e. The summed E-state index contributed by atoms with van der Waals surface area (Å²) >= 11 is 0. The number of benzene rings is 1. The number of rotatable bonds is 12. The summed E-state index contributed by atoms with van der Waals surface area (Å²) in [6, 6.07) is 5.72. The molecule has 0 unspecified atom stereocenters. The molecule has 5 heteroatoms. The van der Waals surface area contributed by atoms with Crippen LogP contribution in [0.15, 0.2) is 24.3 Å². The lowest BCUT2D eigenvalue weighted by Crippen LogP contribution is -2.27. The van der Waals surface area contributed by atoms with Crippen molar-refractivity contribution in [2.24, 2.45) is 23.7 Å². The van der Waals surface area contributed by atoms with Crippen LogP contribution in [0.3, 0.4) is 0 Å². The van der Waals surface area contributed by atoms with E-state index >= 15 is 0 Å². The van der Waals surface area contributed by atoms with Crippen LogP contribution in [-0.2, 0) is 0 Å². The number of hydrogen-bond acceptors (Lipinski definition) is 2. The van der Waals surface area contributed by atoms with Gasteiger partial charge < -0.3 is 9.47 Å². The number of ether oxygens (including phenoxy) is 2. The molecule has 0 heterocycles. The maximum absolute atomic E-state index is 12.3. The van der Waals surface area contributed by atoms with E-state index < -0.39 is 6.36 Å². The summed E-state index contributed by atoms with van der Waals surface area (Å²) in [5.74, 6) is 3.73. The minimum absolute atomic E-state index is 0.211. The molecule has 0 bridgehead atoms. The van der Waals surface area contributed by atoms with Crippen molar-refractivity contribution in [2.75, 3.05) is 6.61 Å². The van der Waals surface area contributed by atoms with Gasteiger partial charge in [-0.1, -0.05) is 64.7 Å². The number of unbranched alkanes of at least 4 members (excludes halogenated alkanes) is 5. The molecular weight excluding hydrogens is 425 g/mol. The maximum Gasteiger partial charge on any atom is 0.573 e. The highest BCUT2D eigenvalue weighted by atomic mass is 19.4. The Morgan fingerprint density at radius 1 is 0.697 bits per heavy atom. The van der Waals surface area contributed by atoms with E-state index in [1.807, 2.05) is 0 Å². The summed E-state index contributed by atoms with van der Waals surface area (Å²) in [5.41, 5.74) is 0. The third-order valence-corrected chi connectivity index (χ3v) is 7.96. The predicted octanol–water partition coefficient (Wildman–Crippen LogP) is 9.33. The third kappa shape index (κ3) is 9.78. The first-order valence-corrected chi connectivity index (χ1v) is 13.4. The van der Waals surface area contributed by atoms with E-state index in [0.717, 1.165) is 17.8 Å². The van der Waals surface area contributed by atoms with Gasteiger partial charge in [0.15, 0.2) is 0 Å². The molecule has 0 saturated heterocycles. The van der Waals surface area contributed by atoms with Crippen LogP contribution < -0.4 is 9.47 Å². The van der Waals surface area contributed by atoms with Crippen LogP contribution in [0.25, 0.3) is 0 Å².